The third kappa shape index (κ3) is 4.51. The van der Waals surface area contributed by atoms with E-state index in [4.69, 9.17) is 9.47 Å². The quantitative estimate of drug-likeness (QED) is 0.615. The van der Waals surface area contributed by atoms with Gasteiger partial charge in [0.25, 0.3) is 0 Å². The maximum atomic E-state index is 13.5. The lowest BCUT2D eigenvalue weighted by Gasteiger charge is -2.18. The second-order valence-corrected chi connectivity index (χ2v) is 4.32. The number of anilines is 1. The number of rotatable bonds is 7. The predicted molar refractivity (Wildman–Crippen MR) is 69.6 cm³/mol. The van der Waals surface area contributed by atoms with Crippen molar-refractivity contribution in [3.8, 4) is 0 Å². The van der Waals surface area contributed by atoms with Crippen LogP contribution in [0.5, 0.6) is 0 Å². The molecular weight excluding hydrogens is 308 g/mol. The standard InChI is InChI=1S/C12H16BrF2NO2/c1-3-17-12(18-4-2)7-16-11-6-9(14)8(13)5-10(11)15/h5-6,12,16H,3-4,7H2,1-2H3. The molecule has 0 heterocycles. The van der Waals surface area contributed by atoms with Gasteiger partial charge >= 0.3 is 0 Å². The van der Waals surface area contributed by atoms with Crippen LogP contribution in [0.25, 0.3) is 0 Å². The molecule has 0 spiro atoms. The third-order valence-corrected chi connectivity index (χ3v) is 2.78. The number of hydrogen-bond donors (Lipinski definition) is 1. The van der Waals surface area contributed by atoms with Gasteiger partial charge in [-0.05, 0) is 35.8 Å². The van der Waals surface area contributed by atoms with Gasteiger partial charge in [-0.2, -0.15) is 0 Å². The summed E-state index contributed by atoms with van der Waals surface area (Å²) < 4.78 is 37.4. The van der Waals surface area contributed by atoms with Gasteiger partial charge < -0.3 is 14.8 Å². The molecule has 6 heteroatoms. The molecule has 1 aromatic rings. The second kappa shape index (κ2) is 7.66. The molecule has 0 saturated carbocycles. The Hall–Kier alpha value is -0.720. The van der Waals surface area contributed by atoms with E-state index in [-0.39, 0.29) is 16.7 Å². The molecule has 102 valence electrons. The van der Waals surface area contributed by atoms with Gasteiger partial charge in [0.2, 0.25) is 0 Å². The minimum Gasteiger partial charge on any atom is -0.377 e. The summed E-state index contributed by atoms with van der Waals surface area (Å²) in [6, 6.07) is 2.17. The SMILES string of the molecule is CCOC(CNc1cc(F)c(Br)cc1F)OCC. The van der Waals surface area contributed by atoms with Gasteiger partial charge in [-0.3, -0.25) is 0 Å². The Morgan fingerprint density at radius 1 is 1.17 bits per heavy atom. The van der Waals surface area contributed by atoms with Crippen LogP contribution in [0.15, 0.2) is 16.6 Å². The molecule has 0 saturated heterocycles. The van der Waals surface area contributed by atoms with Gasteiger partial charge in [-0.1, -0.05) is 0 Å². The zero-order chi connectivity index (χ0) is 13.5. The Labute approximate surface area is 114 Å². The fourth-order valence-corrected chi connectivity index (χ4v) is 1.70. The zero-order valence-electron chi connectivity index (χ0n) is 10.3. The van der Waals surface area contributed by atoms with Crippen LogP contribution in [-0.2, 0) is 9.47 Å². The molecule has 3 nitrogen and oxygen atoms in total. The molecule has 0 fully saturated rings. The fourth-order valence-electron chi connectivity index (χ4n) is 1.39. The summed E-state index contributed by atoms with van der Waals surface area (Å²) in [5, 5.41) is 2.76. The van der Waals surface area contributed by atoms with Gasteiger partial charge in [0.1, 0.15) is 11.6 Å². The molecule has 0 amide bonds. The van der Waals surface area contributed by atoms with Crippen molar-refractivity contribution < 1.29 is 18.3 Å². The summed E-state index contributed by atoms with van der Waals surface area (Å²) in [7, 11) is 0. The number of ether oxygens (including phenoxy) is 2. The lowest BCUT2D eigenvalue weighted by atomic mass is 10.3. The Morgan fingerprint density at radius 3 is 2.33 bits per heavy atom. The first-order valence-electron chi connectivity index (χ1n) is 5.70. The molecule has 0 bridgehead atoms. The van der Waals surface area contributed by atoms with Gasteiger partial charge in [-0.25, -0.2) is 8.78 Å². The number of benzene rings is 1. The molecular formula is C12H16BrF2NO2. The van der Waals surface area contributed by atoms with Gasteiger partial charge in [-0.15, -0.1) is 0 Å². The highest BCUT2D eigenvalue weighted by Gasteiger charge is 2.11. The Bertz CT molecular complexity index is 385. The van der Waals surface area contributed by atoms with Gasteiger partial charge in [0.05, 0.1) is 16.7 Å². The van der Waals surface area contributed by atoms with Crippen LogP contribution in [0, 0.1) is 11.6 Å². The minimum atomic E-state index is -0.532. The van der Waals surface area contributed by atoms with E-state index in [0.717, 1.165) is 12.1 Å². The van der Waals surface area contributed by atoms with Crippen molar-refractivity contribution in [2.75, 3.05) is 25.1 Å². The van der Waals surface area contributed by atoms with E-state index in [9.17, 15) is 8.78 Å². The van der Waals surface area contributed by atoms with Gasteiger partial charge in [0.15, 0.2) is 6.29 Å². The van der Waals surface area contributed by atoms with Crippen molar-refractivity contribution in [1.29, 1.82) is 0 Å². The Balaban J connectivity index is 2.64. The summed E-state index contributed by atoms with van der Waals surface area (Å²) in [4.78, 5) is 0. The van der Waals surface area contributed by atoms with E-state index in [2.05, 4.69) is 21.2 Å². The third-order valence-electron chi connectivity index (χ3n) is 2.17. The van der Waals surface area contributed by atoms with Gasteiger partial charge in [0, 0.05) is 19.3 Å². The average Bonchev–Trinajstić information content (AvgIpc) is 2.32. The average molecular weight is 324 g/mol. The van der Waals surface area contributed by atoms with E-state index < -0.39 is 17.9 Å². The Morgan fingerprint density at radius 2 is 1.78 bits per heavy atom. The van der Waals surface area contributed by atoms with Crippen LogP contribution >= 0.6 is 15.9 Å². The maximum Gasteiger partial charge on any atom is 0.174 e. The van der Waals surface area contributed by atoms with Crippen molar-refractivity contribution in [2.24, 2.45) is 0 Å². The number of nitrogens with one attached hydrogen (secondary N) is 1. The van der Waals surface area contributed by atoms with Crippen molar-refractivity contribution in [1.82, 2.24) is 0 Å². The zero-order valence-corrected chi connectivity index (χ0v) is 11.9. The van der Waals surface area contributed by atoms with E-state index in [1.807, 2.05) is 13.8 Å². The highest BCUT2D eigenvalue weighted by atomic mass is 79.9. The number of hydrogen-bond acceptors (Lipinski definition) is 3. The molecule has 0 aliphatic carbocycles. The molecule has 0 aromatic heterocycles. The van der Waals surface area contributed by atoms with Crippen LogP contribution in [0.4, 0.5) is 14.5 Å². The molecule has 1 N–H and O–H groups in total. The highest BCUT2D eigenvalue weighted by molar-refractivity contribution is 9.10. The molecule has 0 radical (unpaired) electrons. The van der Waals surface area contributed by atoms with Crippen molar-refractivity contribution in [2.45, 2.75) is 20.1 Å². The first kappa shape index (κ1) is 15.3. The smallest absolute Gasteiger partial charge is 0.174 e. The second-order valence-electron chi connectivity index (χ2n) is 3.47. The summed E-state index contributed by atoms with van der Waals surface area (Å²) >= 11 is 2.92. The fraction of sp³-hybridized carbons (Fsp3) is 0.500. The maximum absolute atomic E-state index is 13.5. The van der Waals surface area contributed by atoms with E-state index >= 15 is 0 Å². The molecule has 0 aliphatic rings. The van der Waals surface area contributed by atoms with Crippen LogP contribution in [0.1, 0.15) is 13.8 Å². The van der Waals surface area contributed by atoms with E-state index in [0.29, 0.717) is 13.2 Å². The summed E-state index contributed by atoms with van der Waals surface area (Å²) in [5.41, 5.74) is 0.0834. The van der Waals surface area contributed by atoms with E-state index in [1.165, 1.54) is 0 Å². The van der Waals surface area contributed by atoms with Crippen LogP contribution in [0.3, 0.4) is 0 Å². The first-order valence-corrected chi connectivity index (χ1v) is 6.49. The lowest BCUT2D eigenvalue weighted by Crippen LogP contribution is -2.26. The predicted octanol–water partition coefficient (Wildman–Crippen LogP) is 3.54. The molecule has 0 atom stereocenters. The minimum absolute atomic E-state index is 0.0834. The van der Waals surface area contributed by atoms with Crippen molar-refractivity contribution in [3.63, 3.8) is 0 Å². The molecule has 18 heavy (non-hydrogen) atoms. The molecule has 1 aromatic carbocycles. The molecule has 1 rings (SSSR count). The monoisotopic (exact) mass is 323 g/mol. The summed E-state index contributed by atoms with van der Waals surface area (Å²) in [6.07, 6.45) is -0.480. The van der Waals surface area contributed by atoms with Crippen molar-refractivity contribution in [3.05, 3.63) is 28.2 Å². The lowest BCUT2D eigenvalue weighted by molar-refractivity contribution is -0.126. The molecule has 0 unspecified atom stereocenters. The Kier molecular flexibility index (Phi) is 6.52. The molecule has 0 aliphatic heterocycles. The topological polar surface area (TPSA) is 30.5 Å². The van der Waals surface area contributed by atoms with Crippen LogP contribution in [0.2, 0.25) is 0 Å². The normalized spacial score (nSPS) is 11.0. The largest absolute Gasteiger partial charge is 0.377 e. The summed E-state index contributed by atoms with van der Waals surface area (Å²) in [6.45, 7) is 4.91. The summed E-state index contributed by atoms with van der Waals surface area (Å²) in [5.74, 6) is -1.06. The first-order chi connectivity index (χ1) is 8.58. The highest BCUT2D eigenvalue weighted by Crippen LogP contribution is 2.23. The van der Waals surface area contributed by atoms with Crippen molar-refractivity contribution >= 4 is 21.6 Å². The van der Waals surface area contributed by atoms with Crippen LogP contribution in [-0.4, -0.2) is 26.0 Å². The van der Waals surface area contributed by atoms with Crippen LogP contribution < -0.4 is 5.32 Å². The number of halogens is 3. The van der Waals surface area contributed by atoms with E-state index in [1.54, 1.807) is 0 Å².